The average Bonchev–Trinajstić information content (AvgIpc) is 3.11. The summed E-state index contributed by atoms with van der Waals surface area (Å²) in [6.07, 6.45) is 4.20. The number of rotatable bonds is 6. The van der Waals surface area contributed by atoms with Crippen molar-refractivity contribution in [3.05, 3.63) is 66.0 Å². The van der Waals surface area contributed by atoms with Crippen LogP contribution in [0.1, 0.15) is 50.8 Å². The quantitative estimate of drug-likeness (QED) is 0.640. The zero-order valence-corrected chi connectivity index (χ0v) is 18.3. The molecule has 2 atom stereocenters. The smallest absolute Gasteiger partial charge is 0.411 e. The molecule has 0 aliphatic carbocycles. The van der Waals surface area contributed by atoms with Gasteiger partial charge >= 0.3 is 6.09 Å². The minimum atomic E-state index is -3.78. The maximum absolute atomic E-state index is 12.9. The van der Waals surface area contributed by atoms with Gasteiger partial charge in [0.2, 0.25) is 0 Å². The Hall–Kier alpha value is -2.45. The molecule has 1 aromatic heterocycles. The van der Waals surface area contributed by atoms with Crippen LogP contribution in [0.2, 0.25) is 0 Å². The second kappa shape index (κ2) is 9.14. The maximum atomic E-state index is 12.9. The van der Waals surface area contributed by atoms with E-state index in [4.69, 9.17) is 8.92 Å². The molecule has 1 amide bonds. The van der Waals surface area contributed by atoms with Crippen LogP contribution in [-0.4, -0.2) is 42.6 Å². The molecule has 0 bridgehead atoms. The number of carbonyl (C=O) groups is 1. The highest BCUT2D eigenvalue weighted by Crippen LogP contribution is 2.37. The van der Waals surface area contributed by atoms with Gasteiger partial charge in [-0.1, -0.05) is 36.4 Å². The van der Waals surface area contributed by atoms with Gasteiger partial charge in [0.15, 0.2) is 0 Å². The highest BCUT2D eigenvalue weighted by molar-refractivity contribution is 7.85. The van der Waals surface area contributed by atoms with Gasteiger partial charge in [-0.25, -0.2) is 4.79 Å². The number of pyridine rings is 1. The summed E-state index contributed by atoms with van der Waals surface area (Å²) in [5.41, 5.74) is 0.878. The van der Waals surface area contributed by atoms with Gasteiger partial charge in [-0.15, -0.1) is 0 Å². The Kier molecular flexibility index (Phi) is 6.77. The normalized spacial score (nSPS) is 19.6. The zero-order valence-electron chi connectivity index (χ0n) is 17.5. The van der Waals surface area contributed by atoms with Crippen LogP contribution in [0, 0.1) is 0 Å². The summed E-state index contributed by atoms with van der Waals surface area (Å²) in [7, 11) is -3.78. The van der Waals surface area contributed by atoms with E-state index in [9.17, 15) is 13.2 Å². The summed E-state index contributed by atoms with van der Waals surface area (Å²) in [4.78, 5) is 18.7. The van der Waals surface area contributed by atoms with Crippen LogP contribution in [0.3, 0.4) is 0 Å². The van der Waals surface area contributed by atoms with Crippen molar-refractivity contribution in [2.24, 2.45) is 0 Å². The van der Waals surface area contributed by atoms with Crippen molar-refractivity contribution in [2.45, 2.75) is 57.1 Å². The summed E-state index contributed by atoms with van der Waals surface area (Å²) in [6, 6.07) is 11.9. The molecule has 0 N–H and O–H groups in total. The predicted octanol–water partition coefficient (Wildman–Crippen LogP) is 4.07. The Morgan fingerprint density at radius 1 is 1.13 bits per heavy atom. The Bertz CT molecular complexity index is 942. The minimum absolute atomic E-state index is 0.106. The lowest BCUT2D eigenvalue weighted by atomic mass is 10.1. The average molecular weight is 433 g/mol. The number of ether oxygens (including phenoxy) is 1. The molecule has 3 rings (SSSR count). The summed E-state index contributed by atoms with van der Waals surface area (Å²) >= 11 is 0. The van der Waals surface area contributed by atoms with Crippen LogP contribution in [0.25, 0.3) is 0 Å². The third kappa shape index (κ3) is 6.03. The summed E-state index contributed by atoms with van der Waals surface area (Å²) in [6.45, 7) is 5.30. The van der Waals surface area contributed by atoms with E-state index >= 15 is 0 Å². The lowest BCUT2D eigenvalue weighted by Gasteiger charge is -2.32. The van der Waals surface area contributed by atoms with Crippen LogP contribution in [0.4, 0.5) is 4.79 Å². The van der Waals surface area contributed by atoms with Crippen LogP contribution in [0.15, 0.2) is 54.9 Å². The van der Waals surface area contributed by atoms with E-state index in [0.717, 1.165) is 5.56 Å². The number of hydrogen-bond donors (Lipinski definition) is 0. The van der Waals surface area contributed by atoms with E-state index in [1.807, 2.05) is 18.2 Å². The number of nitrogens with zero attached hydrogens (tertiary/aromatic N) is 2. The summed E-state index contributed by atoms with van der Waals surface area (Å²) in [5.74, 6) is -0.209. The zero-order chi connectivity index (χ0) is 21.8. The van der Waals surface area contributed by atoms with Gasteiger partial charge in [0.25, 0.3) is 10.1 Å². The number of amides is 1. The van der Waals surface area contributed by atoms with Crippen LogP contribution < -0.4 is 0 Å². The fourth-order valence-electron chi connectivity index (χ4n) is 3.54. The number of likely N-dealkylation sites (tertiary alicyclic amines) is 1. The Morgan fingerprint density at radius 3 is 2.50 bits per heavy atom. The van der Waals surface area contributed by atoms with Gasteiger partial charge in [-0.2, -0.15) is 8.42 Å². The molecule has 0 saturated carbocycles. The lowest BCUT2D eigenvalue weighted by Crippen LogP contribution is -2.43. The molecule has 8 heteroatoms. The molecule has 0 radical (unpaired) electrons. The van der Waals surface area contributed by atoms with Crippen LogP contribution >= 0.6 is 0 Å². The molecule has 0 unspecified atom stereocenters. The highest BCUT2D eigenvalue weighted by atomic mass is 32.2. The standard InChI is InChI=1S/C22H28N2O5S/c1-22(2,3)29-21(25)24-19(11-12-20(24)18-10-7-13-23-14-18)15-28-30(26,27)16-17-8-5-4-6-9-17/h4-10,13-14,19-20H,11-12,15-16H2,1-3H3/t19-,20+/m0/s1. The van der Waals surface area contributed by atoms with Crippen molar-refractivity contribution in [1.82, 2.24) is 9.88 Å². The molecule has 1 aromatic carbocycles. The molecule has 1 fully saturated rings. The Balaban J connectivity index is 1.74. The first-order valence-electron chi connectivity index (χ1n) is 9.97. The minimum Gasteiger partial charge on any atom is -0.444 e. The van der Waals surface area contributed by atoms with Gasteiger partial charge < -0.3 is 4.74 Å². The number of benzene rings is 1. The topological polar surface area (TPSA) is 85.8 Å². The van der Waals surface area contributed by atoms with Crippen LogP contribution in [-0.2, 0) is 24.8 Å². The van der Waals surface area contributed by atoms with Crippen molar-refractivity contribution in [3.63, 3.8) is 0 Å². The van der Waals surface area contributed by atoms with Crippen molar-refractivity contribution < 1.29 is 22.1 Å². The second-order valence-electron chi connectivity index (χ2n) is 8.39. The molecule has 30 heavy (non-hydrogen) atoms. The molecule has 1 saturated heterocycles. The summed E-state index contributed by atoms with van der Waals surface area (Å²) in [5, 5.41) is 0. The predicted molar refractivity (Wildman–Crippen MR) is 113 cm³/mol. The fraction of sp³-hybridized carbons (Fsp3) is 0.455. The largest absolute Gasteiger partial charge is 0.444 e. The highest BCUT2D eigenvalue weighted by Gasteiger charge is 2.40. The van der Waals surface area contributed by atoms with E-state index in [2.05, 4.69) is 4.98 Å². The number of carbonyl (C=O) groups excluding carboxylic acids is 1. The fourth-order valence-corrected chi connectivity index (χ4v) is 4.59. The molecule has 1 aliphatic heterocycles. The third-order valence-corrected chi connectivity index (χ3v) is 5.98. The second-order valence-corrected chi connectivity index (χ2v) is 10.0. The van der Waals surface area contributed by atoms with Crippen molar-refractivity contribution >= 4 is 16.2 Å². The van der Waals surface area contributed by atoms with Crippen molar-refractivity contribution in [2.75, 3.05) is 6.61 Å². The summed E-state index contributed by atoms with van der Waals surface area (Å²) < 4.78 is 35.8. The molecule has 2 heterocycles. The van der Waals surface area contributed by atoms with E-state index in [0.29, 0.717) is 18.4 Å². The first-order valence-corrected chi connectivity index (χ1v) is 11.5. The molecule has 2 aromatic rings. The van der Waals surface area contributed by atoms with Gasteiger partial charge in [0.1, 0.15) is 11.4 Å². The van der Waals surface area contributed by atoms with E-state index < -0.39 is 27.9 Å². The Morgan fingerprint density at radius 2 is 1.87 bits per heavy atom. The third-order valence-electron chi connectivity index (χ3n) is 4.80. The molecule has 162 valence electrons. The first-order chi connectivity index (χ1) is 14.1. The van der Waals surface area contributed by atoms with Gasteiger partial charge in [0, 0.05) is 12.4 Å². The van der Waals surface area contributed by atoms with Crippen LogP contribution in [0.5, 0.6) is 0 Å². The molecular weight excluding hydrogens is 404 g/mol. The SMILES string of the molecule is CC(C)(C)OC(=O)N1[C@H](COS(=O)(=O)Cc2ccccc2)CC[C@@H]1c1cccnc1. The maximum Gasteiger partial charge on any atom is 0.411 e. The van der Waals surface area contributed by atoms with Gasteiger partial charge in [0.05, 0.1) is 18.7 Å². The van der Waals surface area contributed by atoms with Gasteiger partial charge in [-0.05, 0) is 50.8 Å². The molecule has 0 spiro atoms. The number of hydrogen-bond acceptors (Lipinski definition) is 6. The van der Waals surface area contributed by atoms with E-state index in [1.165, 1.54) is 0 Å². The van der Waals surface area contributed by atoms with E-state index in [-0.39, 0.29) is 18.4 Å². The molecule has 7 nitrogen and oxygen atoms in total. The number of aromatic nitrogens is 1. The monoisotopic (exact) mass is 432 g/mol. The Labute approximate surface area is 178 Å². The molecule has 1 aliphatic rings. The van der Waals surface area contributed by atoms with Crippen molar-refractivity contribution in [3.8, 4) is 0 Å². The van der Waals surface area contributed by atoms with E-state index in [1.54, 1.807) is 62.3 Å². The van der Waals surface area contributed by atoms with Crippen molar-refractivity contribution in [1.29, 1.82) is 0 Å². The lowest BCUT2D eigenvalue weighted by molar-refractivity contribution is 0.0101. The van der Waals surface area contributed by atoms with Gasteiger partial charge in [-0.3, -0.25) is 14.1 Å². The molecular formula is C22H28N2O5S. The first kappa shape index (κ1) is 22.2.